The van der Waals surface area contributed by atoms with Gasteiger partial charge in [0.1, 0.15) is 0 Å². The Kier molecular flexibility index (Phi) is 3.53. The van der Waals surface area contributed by atoms with E-state index in [1.807, 2.05) is 0 Å². The van der Waals surface area contributed by atoms with E-state index in [2.05, 4.69) is 18.7 Å². The maximum absolute atomic E-state index is 11.0. The summed E-state index contributed by atoms with van der Waals surface area (Å²) in [5.41, 5.74) is 0. The zero-order chi connectivity index (χ0) is 11.7. The predicted molar refractivity (Wildman–Crippen MR) is 63.3 cm³/mol. The minimum Gasteiger partial charge on any atom is -0.481 e. The number of nitrogens with zero attached hydrogens (tertiary/aromatic N) is 1. The van der Waals surface area contributed by atoms with Crippen molar-refractivity contribution in [1.29, 1.82) is 0 Å². The van der Waals surface area contributed by atoms with Crippen LogP contribution in [0.15, 0.2) is 0 Å². The highest BCUT2D eigenvalue weighted by Crippen LogP contribution is 2.33. The Bertz CT molecular complexity index is 263. The summed E-state index contributed by atoms with van der Waals surface area (Å²) < 4.78 is 0. The molecule has 1 saturated carbocycles. The highest BCUT2D eigenvalue weighted by atomic mass is 16.4. The lowest BCUT2D eigenvalue weighted by molar-refractivity contribution is -0.142. The van der Waals surface area contributed by atoms with Crippen LogP contribution in [0.2, 0.25) is 0 Å². The Morgan fingerprint density at radius 2 is 2.12 bits per heavy atom. The number of hydrogen-bond acceptors (Lipinski definition) is 2. The molecule has 0 bridgehead atoms. The van der Waals surface area contributed by atoms with Crippen LogP contribution >= 0.6 is 0 Å². The van der Waals surface area contributed by atoms with Crippen molar-refractivity contribution in [2.24, 2.45) is 17.8 Å². The number of carboxylic acids is 1. The summed E-state index contributed by atoms with van der Waals surface area (Å²) in [5, 5.41) is 9.10. The summed E-state index contributed by atoms with van der Waals surface area (Å²) >= 11 is 0. The predicted octanol–water partition coefficient (Wildman–Crippen LogP) is 2.22. The van der Waals surface area contributed by atoms with Crippen LogP contribution in [0.25, 0.3) is 0 Å². The third kappa shape index (κ3) is 2.40. The molecule has 92 valence electrons. The van der Waals surface area contributed by atoms with Crippen LogP contribution in [0.3, 0.4) is 0 Å². The third-order valence-corrected chi connectivity index (χ3v) is 4.48. The monoisotopic (exact) mass is 225 g/mol. The molecule has 0 radical (unpaired) electrons. The summed E-state index contributed by atoms with van der Waals surface area (Å²) in [6.07, 6.45) is 5.43. The van der Waals surface area contributed by atoms with E-state index < -0.39 is 5.97 Å². The van der Waals surface area contributed by atoms with Gasteiger partial charge in [-0.3, -0.25) is 9.69 Å². The molecule has 3 unspecified atom stereocenters. The van der Waals surface area contributed by atoms with E-state index in [0.717, 1.165) is 19.0 Å². The molecule has 0 spiro atoms. The van der Waals surface area contributed by atoms with E-state index in [9.17, 15) is 4.79 Å². The van der Waals surface area contributed by atoms with Crippen LogP contribution in [0.5, 0.6) is 0 Å². The second kappa shape index (κ2) is 4.74. The van der Waals surface area contributed by atoms with Gasteiger partial charge in [0.05, 0.1) is 5.92 Å². The Labute approximate surface area is 97.8 Å². The Morgan fingerprint density at radius 3 is 2.56 bits per heavy atom. The van der Waals surface area contributed by atoms with E-state index in [0.29, 0.717) is 12.0 Å². The van der Waals surface area contributed by atoms with Gasteiger partial charge in [0.25, 0.3) is 0 Å². The zero-order valence-electron chi connectivity index (χ0n) is 10.4. The van der Waals surface area contributed by atoms with Gasteiger partial charge in [0, 0.05) is 19.1 Å². The molecule has 3 nitrogen and oxygen atoms in total. The van der Waals surface area contributed by atoms with Gasteiger partial charge >= 0.3 is 5.97 Å². The number of carboxylic acid groups (broad SMARTS) is 1. The smallest absolute Gasteiger partial charge is 0.308 e. The molecule has 2 fully saturated rings. The lowest BCUT2D eigenvalue weighted by Crippen LogP contribution is -2.34. The summed E-state index contributed by atoms with van der Waals surface area (Å²) in [6, 6.07) is 0.567. The summed E-state index contributed by atoms with van der Waals surface area (Å²) in [4.78, 5) is 13.4. The molecule has 2 rings (SSSR count). The maximum atomic E-state index is 11.0. The highest BCUT2D eigenvalue weighted by molar-refractivity contribution is 5.71. The zero-order valence-corrected chi connectivity index (χ0v) is 10.4. The lowest BCUT2D eigenvalue weighted by atomic mass is 9.81. The fourth-order valence-electron chi connectivity index (χ4n) is 3.05. The molecule has 0 aromatic rings. The van der Waals surface area contributed by atoms with E-state index in [-0.39, 0.29) is 5.92 Å². The van der Waals surface area contributed by atoms with E-state index in [1.165, 1.54) is 25.7 Å². The molecule has 3 atom stereocenters. The van der Waals surface area contributed by atoms with Crippen LogP contribution in [0.4, 0.5) is 0 Å². The third-order valence-electron chi connectivity index (χ3n) is 4.48. The van der Waals surface area contributed by atoms with Crippen molar-refractivity contribution in [3.05, 3.63) is 0 Å². The first-order valence-corrected chi connectivity index (χ1v) is 6.54. The van der Waals surface area contributed by atoms with Crippen molar-refractivity contribution in [3.63, 3.8) is 0 Å². The molecule has 1 aliphatic carbocycles. The molecule has 3 heteroatoms. The minimum absolute atomic E-state index is 0.149. The molecule has 1 saturated heterocycles. The van der Waals surface area contributed by atoms with Gasteiger partial charge in [0.2, 0.25) is 0 Å². The molecule has 0 aromatic heterocycles. The summed E-state index contributed by atoms with van der Waals surface area (Å²) in [6.45, 7) is 6.04. The van der Waals surface area contributed by atoms with Gasteiger partial charge in [-0.2, -0.15) is 0 Å². The average molecular weight is 225 g/mol. The fourth-order valence-corrected chi connectivity index (χ4v) is 3.05. The molecule has 0 amide bonds. The molecule has 0 aromatic carbocycles. The number of likely N-dealkylation sites (tertiary alicyclic amines) is 1. The Hall–Kier alpha value is -0.570. The summed E-state index contributed by atoms with van der Waals surface area (Å²) in [5.74, 6) is 0.449. The van der Waals surface area contributed by atoms with E-state index >= 15 is 0 Å². The van der Waals surface area contributed by atoms with Gasteiger partial charge < -0.3 is 5.11 Å². The van der Waals surface area contributed by atoms with Crippen molar-refractivity contribution < 1.29 is 9.90 Å². The average Bonchev–Trinajstić information content (AvgIpc) is 2.53. The van der Waals surface area contributed by atoms with E-state index in [1.54, 1.807) is 0 Å². The van der Waals surface area contributed by atoms with Crippen molar-refractivity contribution in [3.8, 4) is 0 Å². The molecular formula is C13H23NO2. The van der Waals surface area contributed by atoms with Crippen LogP contribution in [0.1, 0.15) is 39.5 Å². The minimum atomic E-state index is -0.620. The second-order valence-electron chi connectivity index (χ2n) is 5.76. The number of carbonyl (C=O) groups is 1. The SMILES string of the molecule is CC1CN(C(C)CC2CCC2)CC1C(=O)O. The topological polar surface area (TPSA) is 40.5 Å². The number of rotatable bonds is 4. The van der Waals surface area contributed by atoms with Gasteiger partial charge in [0.15, 0.2) is 0 Å². The molecular weight excluding hydrogens is 202 g/mol. The standard InChI is InChI=1S/C13H23NO2/c1-9-7-14(8-12(9)13(15)16)10(2)6-11-4-3-5-11/h9-12H,3-8H2,1-2H3,(H,15,16). The summed E-state index contributed by atoms with van der Waals surface area (Å²) in [7, 11) is 0. The first kappa shape index (κ1) is 11.9. The molecule has 1 heterocycles. The van der Waals surface area contributed by atoms with Crippen molar-refractivity contribution in [1.82, 2.24) is 4.90 Å². The van der Waals surface area contributed by atoms with Crippen molar-refractivity contribution in [2.75, 3.05) is 13.1 Å². The van der Waals surface area contributed by atoms with Gasteiger partial charge in [-0.05, 0) is 25.2 Å². The fraction of sp³-hybridized carbons (Fsp3) is 0.923. The first-order chi connectivity index (χ1) is 7.58. The van der Waals surface area contributed by atoms with Crippen LogP contribution < -0.4 is 0 Å². The van der Waals surface area contributed by atoms with Gasteiger partial charge in [-0.1, -0.05) is 26.2 Å². The quantitative estimate of drug-likeness (QED) is 0.797. The van der Waals surface area contributed by atoms with E-state index in [4.69, 9.17) is 5.11 Å². The number of hydrogen-bond donors (Lipinski definition) is 1. The Morgan fingerprint density at radius 1 is 1.44 bits per heavy atom. The maximum Gasteiger partial charge on any atom is 0.308 e. The van der Waals surface area contributed by atoms with Gasteiger partial charge in [-0.15, -0.1) is 0 Å². The van der Waals surface area contributed by atoms with Crippen molar-refractivity contribution in [2.45, 2.75) is 45.6 Å². The molecule has 1 N–H and O–H groups in total. The van der Waals surface area contributed by atoms with Crippen LogP contribution in [0, 0.1) is 17.8 Å². The Balaban J connectivity index is 1.83. The number of aliphatic carboxylic acids is 1. The van der Waals surface area contributed by atoms with Crippen LogP contribution in [-0.4, -0.2) is 35.1 Å². The molecule has 2 aliphatic rings. The van der Waals surface area contributed by atoms with Crippen LogP contribution in [-0.2, 0) is 4.79 Å². The normalized spacial score (nSPS) is 33.6. The highest BCUT2D eigenvalue weighted by Gasteiger charge is 2.37. The van der Waals surface area contributed by atoms with Crippen molar-refractivity contribution >= 4 is 5.97 Å². The van der Waals surface area contributed by atoms with Gasteiger partial charge in [-0.25, -0.2) is 0 Å². The lowest BCUT2D eigenvalue weighted by Gasteiger charge is -2.32. The first-order valence-electron chi connectivity index (χ1n) is 6.54. The second-order valence-corrected chi connectivity index (χ2v) is 5.76. The largest absolute Gasteiger partial charge is 0.481 e. The molecule has 16 heavy (non-hydrogen) atoms. The molecule has 1 aliphatic heterocycles.